The average Bonchev–Trinajstić information content (AvgIpc) is 2.66. The smallest absolute Gasteiger partial charge is 0.247 e. The van der Waals surface area contributed by atoms with Crippen molar-refractivity contribution in [2.24, 2.45) is 5.92 Å². The van der Waals surface area contributed by atoms with Gasteiger partial charge in [-0.1, -0.05) is 33.1 Å². The molecule has 6 heteroatoms. The Hall–Kier alpha value is -1.14. The summed E-state index contributed by atoms with van der Waals surface area (Å²) in [5, 5.41) is 6.02. The van der Waals surface area contributed by atoms with Gasteiger partial charge >= 0.3 is 0 Å². The van der Waals surface area contributed by atoms with Crippen LogP contribution in [0.1, 0.15) is 59.8 Å². The fourth-order valence-corrected chi connectivity index (χ4v) is 3.42. The Morgan fingerprint density at radius 1 is 1.16 bits per heavy atom. The highest BCUT2D eigenvalue weighted by Crippen LogP contribution is 2.24. The van der Waals surface area contributed by atoms with E-state index in [0.717, 1.165) is 13.1 Å². The zero-order valence-corrected chi connectivity index (χ0v) is 16.5. The van der Waals surface area contributed by atoms with Gasteiger partial charge in [0.05, 0.1) is 6.10 Å². The first kappa shape index (κ1) is 21.9. The zero-order valence-electron chi connectivity index (χ0n) is 16.5. The third kappa shape index (κ3) is 7.74. The fraction of sp³-hybridized carbons (Fsp3) is 0.895. The molecule has 2 aliphatic rings. The van der Waals surface area contributed by atoms with Crippen LogP contribution in [0.5, 0.6) is 0 Å². The zero-order chi connectivity index (χ0) is 18.7. The molecule has 2 atom stereocenters. The first-order valence-electron chi connectivity index (χ1n) is 9.96. The van der Waals surface area contributed by atoms with E-state index in [0.29, 0.717) is 25.6 Å². The minimum Gasteiger partial charge on any atom is -0.376 e. The van der Waals surface area contributed by atoms with Gasteiger partial charge in [-0.05, 0) is 25.7 Å². The molecular formula is C19H37N3O3. The number of piperazine rings is 1. The normalized spacial score (nSPS) is 20.9. The second-order valence-corrected chi connectivity index (χ2v) is 6.80. The van der Waals surface area contributed by atoms with Gasteiger partial charge in [0, 0.05) is 39.7 Å². The predicted molar refractivity (Wildman–Crippen MR) is 100 cm³/mol. The monoisotopic (exact) mass is 355 g/mol. The quantitative estimate of drug-likeness (QED) is 0.764. The summed E-state index contributed by atoms with van der Waals surface area (Å²) in [5.74, 6) is 0.378. The van der Waals surface area contributed by atoms with Crippen LogP contribution in [0.3, 0.4) is 0 Å². The summed E-state index contributed by atoms with van der Waals surface area (Å²) in [7, 11) is 0. The fourth-order valence-electron chi connectivity index (χ4n) is 3.42. The minimum atomic E-state index is -0.589. The summed E-state index contributed by atoms with van der Waals surface area (Å²) in [6.45, 7) is 11.0. The molecule has 2 amide bonds. The first-order chi connectivity index (χ1) is 12.1. The number of hydrogen-bond acceptors (Lipinski definition) is 4. The molecule has 2 unspecified atom stereocenters. The van der Waals surface area contributed by atoms with Gasteiger partial charge in [0.15, 0.2) is 0 Å². The Morgan fingerprint density at radius 2 is 1.76 bits per heavy atom. The van der Waals surface area contributed by atoms with Crippen molar-refractivity contribution in [2.75, 3.05) is 32.8 Å². The maximum Gasteiger partial charge on any atom is 0.247 e. The van der Waals surface area contributed by atoms with Crippen LogP contribution < -0.4 is 10.6 Å². The van der Waals surface area contributed by atoms with Crippen molar-refractivity contribution in [1.29, 1.82) is 0 Å². The van der Waals surface area contributed by atoms with Gasteiger partial charge in [0.1, 0.15) is 6.04 Å². The number of carbonyl (C=O) groups excluding carboxylic acids is 2. The van der Waals surface area contributed by atoms with Crippen LogP contribution in [-0.2, 0) is 14.3 Å². The number of hydrogen-bond donors (Lipinski definition) is 2. The third-order valence-corrected chi connectivity index (χ3v) is 4.84. The van der Waals surface area contributed by atoms with Crippen molar-refractivity contribution in [3.63, 3.8) is 0 Å². The molecule has 0 aromatic carbocycles. The summed E-state index contributed by atoms with van der Waals surface area (Å²) < 4.78 is 5.98. The van der Waals surface area contributed by atoms with Gasteiger partial charge in [0.2, 0.25) is 11.8 Å². The third-order valence-electron chi connectivity index (χ3n) is 4.84. The van der Waals surface area contributed by atoms with Gasteiger partial charge in [0.25, 0.3) is 0 Å². The average molecular weight is 356 g/mol. The molecule has 0 spiro atoms. The Labute approximate surface area is 153 Å². The molecule has 0 bridgehead atoms. The van der Waals surface area contributed by atoms with Crippen LogP contribution in [-0.4, -0.2) is 61.6 Å². The van der Waals surface area contributed by atoms with Crippen LogP contribution >= 0.6 is 0 Å². The molecule has 6 nitrogen and oxygen atoms in total. The van der Waals surface area contributed by atoms with E-state index in [-0.39, 0.29) is 17.9 Å². The van der Waals surface area contributed by atoms with Crippen molar-refractivity contribution in [3.05, 3.63) is 0 Å². The molecule has 1 saturated carbocycles. The van der Waals surface area contributed by atoms with E-state index in [1.807, 2.05) is 25.7 Å². The van der Waals surface area contributed by atoms with Gasteiger partial charge in [-0.15, -0.1) is 0 Å². The first-order valence-corrected chi connectivity index (χ1v) is 9.96. The van der Waals surface area contributed by atoms with Crippen molar-refractivity contribution in [1.82, 2.24) is 15.5 Å². The summed E-state index contributed by atoms with van der Waals surface area (Å²) in [5.41, 5.74) is 0. The maximum absolute atomic E-state index is 12.7. The van der Waals surface area contributed by atoms with Crippen LogP contribution in [0, 0.1) is 5.92 Å². The second-order valence-electron chi connectivity index (χ2n) is 6.80. The van der Waals surface area contributed by atoms with Gasteiger partial charge in [-0.2, -0.15) is 0 Å². The van der Waals surface area contributed by atoms with E-state index in [9.17, 15) is 9.59 Å². The summed E-state index contributed by atoms with van der Waals surface area (Å²) >= 11 is 0. The van der Waals surface area contributed by atoms with E-state index in [2.05, 4.69) is 10.6 Å². The maximum atomic E-state index is 12.7. The molecule has 1 aliphatic heterocycles. The van der Waals surface area contributed by atoms with Crippen molar-refractivity contribution in [2.45, 2.75) is 71.9 Å². The summed E-state index contributed by atoms with van der Waals surface area (Å²) in [6, 6.07) is -0.589. The number of ether oxygens (including phenoxy) is 1. The molecule has 1 heterocycles. The standard InChI is InChI=1S/C17H31N3O3.C2H6/c1-13(23-12-15-6-4-3-5-7-15)16(19-14(2)21)17(22)20-10-8-18-9-11-20;1-2/h13,15-16,18H,3-12H2,1-2H3,(H,19,21);1-2H3. The van der Waals surface area contributed by atoms with E-state index in [4.69, 9.17) is 4.74 Å². The lowest BCUT2D eigenvalue weighted by Crippen LogP contribution is -2.57. The molecule has 2 rings (SSSR count). The van der Waals surface area contributed by atoms with Crippen LogP contribution in [0.2, 0.25) is 0 Å². The van der Waals surface area contributed by atoms with Crippen molar-refractivity contribution < 1.29 is 14.3 Å². The highest BCUT2D eigenvalue weighted by atomic mass is 16.5. The van der Waals surface area contributed by atoms with E-state index in [1.165, 1.54) is 39.0 Å². The lowest BCUT2D eigenvalue weighted by atomic mass is 9.90. The number of rotatable bonds is 6. The van der Waals surface area contributed by atoms with E-state index >= 15 is 0 Å². The molecule has 25 heavy (non-hydrogen) atoms. The van der Waals surface area contributed by atoms with Gasteiger partial charge in [-0.3, -0.25) is 9.59 Å². The molecule has 0 aromatic heterocycles. The number of amides is 2. The second kappa shape index (κ2) is 12.3. The van der Waals surface area contributed by atoms with Crippen molar-refractivity contribution >= 4 is 11.8 Å². The molecule has 2 N–H and O–H groups in total. The minimum absolute atomic E-state index is 0.0298. The molecule has 2 fully saturated rings. The molecule has 1 aliphatic carbocycles. The molecule has 0 aromatic rings. The lowest BCUT2D eigenvalue weighted by Gasteiger charge is -2.34. The number of carbonyl (C=O) groups is 2. The Morgan fingerprint density at radius 3 is 2.32 bits per heavy atom. The largest absolute Gasteiger partial charge is 0.376 e. The SMILES string of the molecule is CC.CC(=O)NC(C(=O)N1CCNCC1)C(C)OCC1CCCCC1. The Kier molecular flexibility index (Phi) is 10.7. The lowest BCUT2D eigenvalue weighted by molar-refractivity contribution is -0.141. The van der Waals surface area contributed by atoms with Crippen LogP contribution in [0.4, 0.5) is 0 Å². The molecule has 0 radical (unpaired) electrons. The van der Waals surface area contributed by atoms with Gasteiger partial charge in [-0.25, -0.2) is 0 Å². The van der Waals surface area contributed by atoms with Crippen molar-refractivity contribution in [3.8, 4) is 0 Å². The number of nitrogens with one attached hydrogen (secondary N) is 2. The predicted octanol–water partition coefficient (Wildman–Crippen LogP) is 1.93. The summed E-state index contributed by atoms with van der Waals surface area (Å²) in [6.07, 6.45) is 5.99. The molecule has 1 saturated heterocycles. The number of nitrogens with zero attached hydrogens (tertiary/aromatic N) is 1. The highest BCUT2D eigenvalue weighted by Gasteiger charge is 2.31. The molecular weight excluding hydrogens is 318 g/mol. The van der Waals surface area contributed by atoms with E-state index < -0.39 is 6.04 Å². The summed E-state index contributed by atoms with van der Waals surface area (Å²) in [4.78, 5) is 26.0. The van der Waals surface area contributed by atoms with Gasteiger partial charge < -0.3 is 20.3 Å². The Bertz CT molecular complexity index is 391. The van der Waals surface area contributed by atoms with Crippen LogP contribution in [0.25, 0.3) is 0 Å². The van der Waals surface area contributed by atoms with Crippen LogP contribution in [0.15, 0.2) is 0 Å². The molecule has 146 valence electrons. The topological polar surface area (TPSA) is 70.7 Å². The van der Waals surface area contributed by atoms with E-state index in [1.54, 1.807) is 0 Å². The Balaban J connectivity index is 0.00000151. The highest BCUT2D eigenvalue weighted by molar-refractivity contribution is 5.87.